The van der Waals surface area contributed by atoms with Crippen molar-refractivity contribution in [2.75, 3.05) is 0 Å². The van der Waals surface area contributed by atoms with Crippen LogP contribution in [0.5, 0.6) is 0 Å². The first-order valence-corrected chi connectivity index (χ1v) is 7.81. The van der Waals surface area contributed by atoms with E-state index < -0.39 is 0 Å². The second-order valence-corrected chi connectivity index (χ2v) is 6.22. The van der Waals surface area contributed by atoms with Crippen LogP contribution in [0.2, 0.25) is 0 Å². The smallest absolute Gasteiger partial charge is 0.112 e. The van der Waals surface area contributed by atoms with Crippen LogP contribution in [-0.4, -0.2) is 15.6 Å². The number of nitrogens with zero attached hydrogens (tertiary/aromatic N) is 2. The molecular weight excluding hydrogens is 266 g/mol. The van der Waals surface area contributed by atoms with E-state index >= 15 is 0 Å². The van der Waals surface area contributed by atoms with Crippen LogP contribution in [0.1, 0.15) is 24.5 Å². The molecule has 2 aromatic heterocycles. The highest BCUT2D eigenvalue weighted by atomic mass is 32.1. The van der Waals surface area contributed by atoms with E-state index in [9.17, 15) is 0 Å². The second kappa shape index (κ2) is 5.77. The Bertz CT molecular complexity index is 683. The Hall–Kier alpha value is -1.65. The maximum Gasteiger partial charge on any atom is 0.112 e. The van der Waals surface area contributed by atoms with Crippen LogP contribution in [0.25, 0.3) is 10.9 Å². The molecule has 1 N–H and O–H groups in total. The van der Waals surface area contributed by atoms with Gasteiger partial charge in [-0.3, -0.25) is 0 Å². The largest absolute Gasteiger partial charge is 0.336 e. The van der Waals surface area contributed by atoms with Gasteiger partial charge in [0.2, 0.25) is 0 Å². The summed E-state index contributed by atoms with van der Waals surface area (Å²) in [4.78, 5) is 4.41. The van der Waals surface area contributed by atoms with E-state index in [1.54, 1.807) is 11.3 Å². The Kier molecular flexibility index (Phi) is 3.85. The first kappa shape index (κ1) is 13.3. The third-order valence-electron chi connectivity index (χ3n) is 3.36. The summed E-state index contributed by atoms with van der Waals surface area (Å²) >= 11 is 1.71. The molecule has 0 aliphatic carbocycles. The number of para-hydroxylation sites is 1. The van der Waals surface area contributed by atoms with Gasteiger partial charge in [-0.05, 0) is 17.5 Å². The van der Waals surface area contributed by atoms with Crippen molar-refractivity contribution in [2.45, 2.75) is 33.0 Å². The van der Waals surface area contributed by atoms with Gasteiger partial charge in [0.1, 0.15) is 5.01 Å². The fourth-order valence-corrected chi connectivity index (χ4v) is 2.98. The summed E-state index contributed by atoms with van der Waals surface area (Å²) in [5, 5.41) is 7.99. The molecule has 0 saturated heterocycles. The minimum atomic E-state index is 0.487. The van der Waals surface area contributed by atoms with Gasteiger partial charge < -0.3 is 9.88 Å². The number of aromatic nitrogens is 2. The number of hydrogen-bond donors (Lipinski definition) is 1. The van der Waals surface area contributed by atoms with Gasteiger partial charge in [-0.1, -0.05) is 32.0 Å². The highest BCUT2D eigenvalue weighted by Gasteiger charge is 2.10. The first-order valence-electron chi connectivity index (χ1n) is 6.93. The zero-order valence-electron chi connectivity index (χ0n) is 11.8. The minimum Gasteiger partial charge on any atom is -0.336 e. The highest BCUT2D eigenvalue weighted by molar-refractivity contribution is 7.09. The normalized spacial score (nSPS) is 11.6. The summed E-state index contributed by atoms with van der Waals surface area (Å²) in [6.45, 7) is 6.08. The van der Waals surface area contributed by atoms with Crippen molar-refractivity contribution in [3.63, 3.8) is 0 Å². The standard InChI is InChI=1S/C16H19N3S/c1-12(2)18-10-14-9-13-5-3-4-6-15(13)19(14)11-16-17-7-8-20-16/h3-9,12,18H,10-11H2,1-2H3. The molecule has 20 heavy (non-hydrogen) atoms. The monoisotopic (exact) mass is 285 g/mol. The summed E-state index contributed by atoms with van der Waals surface area (Å²) in [7, 11) is 0. The van der Waals surface area contributed by atoms with E-state index in [1.807, 2.05) is 11.6 Å². The van der Waals surface area contributed by atoms with Crippen LogP contribution < -0.4 is 5.32 Å². The Morgan fingerprint density at radius 1 is 1.30 bits per heavy atom. The molecule has 0 aliphatic heterocycles. The molecule has 1 aromatic carbocycles. The molecule has 3 aromatic rings. The van der Waals surface area contributed by atoms with Gasteiger partial charge in [0, 0.05) is 35.4 Å². The molecule has 0 atom stereocenters. The number of benzene rings is 1. The van der Waals surface area contributed by atoms with Gasteiger partial charge in [-0.25, -0.2) is 4.98 Å². The molecule has 0 unspecified atom stereocenters. The average Bonchev–Trinajstić information content (AvgIpc) is 3.05. The van der Waals surface area contributed by atoms with E-state index in [-0.39, 0.29) is 0 Å². The number of hydrogen-bond acceptors (Lipinski definition) is 3. The molecule has 0 fully saturated rings. The first-order chi connectivity index (χ1) is 9.74. The maximum atomic E-state index is 4.41. The summed E-state index contributed by atoms with van der Waals surface area (Å²) < 4.78 is 2.36. The molecule has 3 rings (SSSR count). The topological polar surface area (TPSA) is 29.9 Å². The van der Waals surface area contributed by atoms with E-state index in [4.69, 9.17) is 0 Å². The molecule has 3 nitrogen and oxygen atoms in total. The number of fused-ring (bicyclic) bond motifs is 1. The van der Waals surface area contributed by atoms with E-state index in [1.165, 1.54) is 16.6 Å². The molecule has 2 heterocycles. The van der Waals surface area contributed by atoms with Crippen molar-refractivity contribution in [1.29, 1.82) is 0 Å². The van der Waals surface area contributed by atoms with Crippen molar-refractivity contribution < 1.29 is 0 Å². The third-order valence-corrected chi connectivity index (χ3v) is 4.13. The Morgan fingerprint density at radius 3 is 2.90 bits per heavy atom. The van der Waals surface area contributed by atoms with Crippen LogP contribution in [0.3, 0.4) is 0 Å². The minimum absolute atomic E-state index is 0.487. The summed E-state index contributed by atoms with van der Waals surface area (Å²) in [5.41, 5.74) is 2.60. The van der Waals surface area contributed by atoms with Crippen molar-refractivity contribution in [1.82, 2.24) is 14.9 Å². The van der Waals surface area contributed by atoms with Crippen molar-refractivity contribution in [2.24, 2.45) is 0 Å². The maximum absolute atomic E-state index is 4.41. The Balaban J connectivity index is 1.99. The van der Waals surface area contributed by atoms with Crippen molar-refractivity contribution in [3.8, 4) is 0 Å². The van der Waals surface area contributed by atoms with E-state index in [2.05, 4.69) is 59.0 Å². The predicted octanol–water partition coefficient (Wildman–Crippen LogP) is 3.64. The zero-order chi connectivity index (χ0) is 13.9. The summed E-state index contributed by atoms with van der Waals surface area (Å²) in [5.74, 6) is 0. The molecule has 0 bridgehead atoms. The summed E-state index contributed by atoms with van der Waals surface area (Å²) in [6, 6.07) is 11.3. The second-order valence-electron chi connectivity index (χ2n) is 5.24. The lowest BCUT2D eigenvalue weighted by Crippen LogP contribution is -2.23. The molecule has 0 spiro atoms. The van der Waals surface area contributed by atoms with Gasteiger partial charge in [0.05, 0.1) is 6.54 Å². The SMILES string of the molecule is CC(C)NCc1cc2ccccc2n1Cc1nccs1. The lowest BCUT2D eigenvalue weighted by Gasteiger charge is -2.12. The third kappa shape index (κ3) is 2.76. The van der Waals surface area contributed by atoms with Crippen molar-refractivity contribution in [3.05, 3.63) is 52.6 Å². The van der Waals surface area contributed by atoms with Gasteiger partial charge in [-0.2, -0.15) is 0 Å². The highest BCUT2D eigenvalue weighted by Crippen LogP contribution is 2.22. The fourth-order valence-electron chi connectivity index (χ4n) is 2.38. The number of thiazole rings is 1. The summed E-state index contributed by atoms with van der Waals surface area (Å²) in [6.07, 6.45) is 1.87. The van der Waals surface area contributed by atoms with Crippen LogP contribution in [0.15, 0.2) is 41.9 Å². The zero-order valence-corrected chi connectivity index (χ0v) is 12.7. The lowest BCUT2D eigenvalue weighted by atomic mass is 10.2. The van der Waals surface area contributed by atoms with Crippen molar-refractivity contribution >= 4 is 22.2 Å². The number of nitrogens with one attached hydrogen (secondary N) is 1. The Labute approximate surface area is 123 Å². The van der Waals surface area contributed by atoms with E-state index in [0.717, 1.165) is 18.1 Å². The molecule has 0 saturated carbocycles. The van der Waals surface area contributed by atoms with Gasteiger partial charge in [0.25, 0.3) is 0 Å². The average molecular weight is 285 g/mol. The Morgan fingerprint density at radius 2 is 2.15 bits per heavy atom. The van der Waals surface area contributed by atoms with Crippen LogP contribution >= 0.6 is 11.3 Å². The van der Waals surface area contributed by atoms with Gasteiger partial charge in [-0.15, -0.1) is 11.3 Å². The quantitative estimate of drug-likeness (QED) is 0.775. The van der Waals surface area contributed by atoms with Gasteiger partial charge in [0.15, 0.2) is 0 Å². The lowest BCUT2D eigenvalue weighted by molar-refractivity contribution is 0.567. The van der Waals surface area contributed by atoms with Crippen LogP contribution in [0, 0.1) is 0 Å². The van der Waals surface area contributed by atoms with Crippen LogP contribution in [-0.2, 0) is 13.1 Å². The molecule has 4 heteroatoms. The number of rotatable bonds is 5. The fraction of sp³-hybridized carbons (Fsp3) is 0.312. The van der Waals surface area contributed by atoms with E-state index in [0.29, 0.717) is 6.04 Å². The molecule has 104 valence electrons. The molecule has 0 amide bonds. The molecule has 0 aliphatic rings. The van der Waals surface area contributed by atoms with Crippen LogP contribution in [0.4, 0.5) is 0 Å². The molecular formula is C16H19N3S. The van der Waals surface area contributed by atoms with Gasteiger partial charge >= 0.3 is 0 Å². The predicted molar refractivity (Wildman–Crippen MR) is 85.1 cm³/mol. The molecule has 0 radical (unpaired) electrons.